The number of thiophene rings is 1. The Balaban J connectivity index is 2.69. The highest BCUT2D eigenvalue weighted by molar-refractivity contribution is 9.10. The van der Waals surface area contributed by atoms with Crippen molar-refractivity contribution in [1.82, 2.24) is 9.97 Å². The molecule has 108 valence electrons. The average Bonchev–Trinajstić information content (AvgIpc) is 2.67. The van der Waals surface area contributed by atoms with E-state index in [1.54, 1.807) is 11.3 Å². The maximum atomic E-state index is 4.81. The molecule has 0 radical (unpaired) electrons. The summed E-state index contributed by atoms with van der Waals surface area (Å²) in [5.41, 5.74) is 2.11. The molecule has 5 heteroatoms. The molecule has 0 aromatic carbocycles. The van der Waals surface area contributed by atoms with Crippen molar-refractivity contribution < 1.29 is 0 Å². The first kappa shape index (κ1) is 15.4. The monoisotopic (exact) mass is 353 g/mol. The smallest absolute Gasteiger partial charge is 0.162 e. The number of anilines is 1. The first-order valence-electron chi connectivity index (χ1n) is 6.57. The van der Waals surface area contributed by atoms with E-state index in [4.69, 9.17) is 4.98 Å². The number of hydrogen-bond acceptors (Lipinski definition) is 4. The van der Waals surface area contributed by atoms with E-state index < -0.39 is 0 Å². The Morgan fingerprint density at radius 3 is 2.30 bits per heavy atom. The quantitative estimate of drug-likeness (QED) is 0.832. The largest absolute Gasteiger partial charge is 0.372 e. The van der Waals surface area contributed by atoms with Gasteiger partial charge in [0.05, 0.1) is 10.2 Å². The van der Waals surface area contributed by atoms with Gasteiger partial charge in [0.25, 0.3) is 0 Å². The van der Waals surface area contributed by atoms with Gasteiger partial charge in [0.2, 0.25) is 0 Å². The van der Waals surface area contributed by atoms with Crippen LogP contribution in [0.3, 0.4) is 0 Å². The van der Waals surface area contributed by atoms with Gasteiger partial charge in [-0.2, -0.15) is 0 Å². The number of nitrogens with zero attached hydrogens (tertiary/aromatic N) is 2. The second kappa shape index (κ2) is 5.45. The van der Waals surface area contributed by atoms with E-state index in [-0.39, 0.29) is 5.41 Å². The molecule has 0 bridgehead atoms. The molecule has 20 heavy (non-hydrogen) atoms. The molecule has 0 aliphatic carbocycles. The Morgan fingerprint density at radius 2 is 1.85 bits per heavy atom. The summed E-state index contributed by atoms with van der Waals surface area (Å²) in [7, 11) is 1.88. The maximum Gasteiger partial charge on any atom is 0.162 e. The molecule has 3 nitrogen and oxygen atoms in total. The molecule has 0 atom stereocenters. The fourth-order valence-electron chi connectivity index (χ4n) is 2.08. The highest BCUT2D eigenvalue weighted by Gasteiger charge is 2.24. The molecule has 0 saturated heterocycles. The average molecular weight is 354 g/mol. The summed E-state index contributed by atoms with van der Waals surface area (Å²) in [4.78, 5) is 12.0. The molecule has 2 heterocycles. The van der Waals surface area contributed by atoms with E-state index >= 15 is 0 Å². The molecule has 2 aromatic rings. The zero-order valence-corrected chi connectivity index (χ0v) is 15.2. The van der Waals surface area contributed by atoms with Crippen molar-refractivity contribution in [2.75, 3.05) is 12.4 Å². The van der Waals surface area contributed by atoms with Crippen molar-refractivity contribution in [2.24, 2.45) is 0 Å². The van der Waals surface area contributed by atoms with Gasteiger partial charge in [-0.05, 0) is 35.8 Å². The van der Waals surface area contributed by atoms with E-state index in [0.29, 0.717) is 0 Å². The predicted octanol–water partition coefficient (Wildman–Crippen LogP) is 4.92. The molecule has 0 unspecified atom stereocenters. The van der Waals surface area contributed by atoms with Crippen LogP contribution in [0.25, 0.3) is 11.4 Å². The van der Waals surface area contributed by atoms with Crippen LogP contribution < -0.4 is 5.32 Å². The van der Waals surface area contributed by atoms with Crippen molar-refractivity contribution in [1.29, 1.82) is 0 Å². The molecule has 2 rings (SSSR count). The summed E-state index contributed by atoms with van der Waals surface area (Å²) >= 11 is 5.41. The van der Waals surface area contributed by atoms with E-state index in [2.05, 4.69) is 66.9 Å². The summed E-state index contributed by atoms with van der Waals surface area (Å²) in [6.07, 6.45) is 0. The van der Waals surface area contributed by atoms with E-state index in [0.717, 1.165) is 27.4 Å². The SMILES string of the molecule is CNc1nc(-c2cc(C)sc2C)nc(C(C)(C)C)c1Br. The van der Waals surface area contributed by atoms with Crippen LogP contribution in [0.2, 0.25) is 0 Å². The van der Waals surface area contributed by atoms with Gasteiger partial charge in [0.15, 0.2) is 5.82 Å². The number of halogens is 1. The fraction of sp³-hybridized carbons (Fsp3) is 0.467. The van der Waals surface area contributed by atoms with Crippen LogP contribution in [-0.4, -0.2) is 17.0 Å². The van der Waals surface area contributed by atoms with E-state index in [1.807, 2.05) is 7.05 Å². The number of rotatable bonds is 2. The summed E-state index contributed by atoms with van der Waals surface area (Å²) in [5, 5.41) is 3.15. The van der Waals surface area contributed by atoms with Crippen LogP contribution in [0.15, 0.2) is 10.5 Å². The van der Waals surface area contributed by atoms with E-state index in [1.165, 1.54) is 9.75 Å². The van der Waals surface area contributed by atoms with Crippen LogP contribution in [-0.2, 0) is 5.41 Å². The van der Waals surface area contributed by atoms with Crippen molar-refractivity contribution in [3.8, 4) is 11.4 Å². The first-order chi connectivity index (χ1) is 9.24. The Hall–Kier alpha value is -0.940. The summed E-state index contributed by atoms with van der Waals surface area (Å²) in [5.74, 6) is 1.63. The molecule has 0 fully saturated rings. The highest BCUT2D eigenvalue weighted by Crippen LogP contribution is 2.36. The van der Waals surface area contributed by atoms with Crippen LogP contribution >= 0.6 is 27.3 Å². The van der Waals surface area contributed by atoms with Gasteiger partial charge in [-0.15, -0.1) is 11.3 Å². The van der Waals surface area contributed by atoms with Crippen molar-refractivity contribution >= 4 is 33.1 Å². The number of aromatic nitrogens is 2. The zero-order chi connectivity index (χ0) is 15.1. The minimum atomic E-state index is -0.0406. The lowest BCUT2D eigenvalue weighted by Gasteiger charge is -2.21. The normalized spacial score (nSPS) is 11.8. The molecule has 2 aromatic heterocycles. The van der Waals surface area contributed by atoms with Gasteiger partial charge in [-0.25, -0.2) is 9.97 Å². The van der Waals surface area contributed by atoms with Gasteiger partial charge in [-0.3, -0.25) is 0 Å². The molecule has 0 aliphatic heterocycles. The minimum Gasteiger partial charge on any atom is -0.372 e. The molecular weight excluding hydrogens is 334 g/mol. The van der Waals surface area contributed by atoms with Crippen LogP contribution in [0.1, 0.15) is 36.2 Å². The van der Waals surface area contributed by atoms with Crippen LogP contribution in [0.5, 0.6) is 0 Å². The Kier molecular flexibility index (Phi) is 4.21. The summed E-state index contributed by atoms with van der Waals surface area (Å²) < 4.78 is 0.945. The first-order valence-corrected chi connectivity index (χ1v) is 8.18. The van der Waals surface area contributed by atoms with Crippen molar-refractivity contribution in [2.45, 2.75) is 40.0 Å². The number of nitrogens with one attached hydrogen (secondary N) is 1. The second-order valence-corrected chi connectivity index (χ2v) is 8.14. The molecule has 0 saturated carbocycles. The maximum absolute atomic E-state index is 4.81. The van der Waals surface area contributed by atoms with Crippen LogP contribution in [0, 0.1) is 13.8 Å². The van der Waals surface area contributed by atoms with Gasteiger partial charge in [0, 0.05) is 27.8 Å². The van der Waals surface area contributed by atoms with Crippen LogP contribution in [0.4, 0.5) is 5.82 Å². The molecule has 0 amide bonds. The van der Waals surface area contributed by atoms with Gasteiger partial charge in [-0.1, -0.05) is 20.8 Å². The Labute approximate surface area is 133 Å². The summed E-state index contributed by atoms with van der Waals surface area (Å²) in [6.45, 7) is 10.7. The van der Waals surface area contributed by atoms with Crippen molar-refractivity contribution in [3.05, 3.63) is 26.0 Å². The van der Waals surface area contributed by atoms with Gasteiger partial charge >= 0.3 is 0 Å². The standard InChI is InChI=1S/C15H20BrN3S/c1-8-7-10(9(2)20-8)13-18-12(15(3,4)5)11(16)14(17-6)19-13/h7H,1-6H3,(H,17,18,19). The van der Waals surface area contributed by atoms with Crippen molar-refractivity contribution in [3.63, 3.8) is 0 Å². The summed E-state index contributed by atoms with van der Waals surface area (Å²) in [6, 6.07) is 2.16. The number of aryl methyl sites for hydroxylation is 2. The third-order valence-electron chi connectivity index (χ3n) is 3.08. The third kappa shape index (κ3) is 2.88. The van der Waals surface area contributed by atoms with Gasteiger partial charge < -0.3 is 5.32 Å². The van der Waals surface area contributed by atoms with E-state index in [9.17, 15) is 0 Å². The lowest BCUT2D eigenvalue weighted by molar-refractivity contribution is 0.564. The predicted molar refractivity (Wildman–Crippen MR) is 90.8 cm³/mol. The molecule has 1 N–H and O–H groups in total. The molecular formula is C15H20BrN3S. The minimum absolute atomic E-state index is 0.0406. The number of hydrogen-bond donors (Lipinski definition) is 1. The van der Waals surface area contributed by atoms with Gasteiger partial charge in [0.1, 0.15) is 5.82 Å². The highest BCUT2D eigenvalue weighted by atomic mass is 79.9. The topological polar surface area (TPSA) is 37.8 Å². The lowest BCUT2D eigenvalue weighted by Crippen LogP contribution is -2.17. The zero-order valence-electron chi connectivity index (χ0n) is 12.8. The lowest BCUT2D eigenvalue weighted by atomic mass is 9.91. The fourth-order valence-corrected chi connectivity index (χ4v) is 3.97. The Morgan fingerprint density at radius 1 is 1.20 bits per heavy atom. The second-order valence-electron chi connectivity index (χ2n) is 5.89. The molecule has 0 aliphatic rings. The third-order valence-corrected chi connectivity index (χ3v) is 4.80. The molecule has 0 spiro atoms. The Bertz CT molecular complexity index is 641.